The first-order chi connectivity index (χ1) is 16.9. The van der Waals surface area contributed by atoms with Gasteiger partial charge in [0.25, 0.3) is 11.5 Å². The van der Waals surface area contributed by atoms with Crippen molar-refractivity contribution in [1.29, 1.82) is 0 Å². The zero-order valence-corrected chi connectivity index (χ0v) is 19.4. The Morgan fingerprint density at radius 2 is 1.54 bits per heavy atom. The second-order valence-corrected chi connectivity index (χ2v) is 8.27. The van der Waals surface area contributed by atoms with E-state index >= 15 is 0 Å². The molecule has 0 unspecified atom stereocenters. The molecule has 0 spiro atoms. The van der Waals surface area contributed by atoms with Crippen LogP contribution in [0.3, 0.4) is 0 Å². The fraction of sp³-hybridized carbons (Fsp3) is 0.0741. The summed E-state index contributed by atoms with van der Waals surface area (Å²) in [5, 5.41) is 3.24. The average Bonchev–Trinajstić information content (AvgIpc) is 2.87. The van der Waals surface area contributed by atoms with Gasteiger partial charge in [-0.25, -0.2) is 9.69 Å². The van der Waals surface area contributed by atoms with Crippen LogP contribution >= 0.6 is 11.6 Å². The summed E-state index contributed by atoms with van der Waals surface area (Å²) in [5.41, 5.74) is 8.32. The number of nitrogens with two attached hydrogens (primary N) is 1. The van der Waals surface area contributed by atoms with Gasteiger partial charge in [-0.15, -0.1) is 0 Å². The van der Waals surface area contributed by atoms with Crippen molar-refractivity contribution in [2.75, 3.05) is 10.2 Å². The van der Waals surface area contributed by atoms with Crippen LogP contribution in [0.2, 0.25) is 5.02 Å². The molecule has 0 aliphatic heterocycles. The number of hydrogen-bond acceptors (Lipinski definition) is 4. The smallest absolute Gasteiger partial charge is 0.320 e. The number of pyridine rings is 1. The van der Waals surface area contributed by atoms with Crippen LogP contribution in [0, 0.1) is 0 Å². The summed E-state index contributed by atoms with van der Waals surface area (Å²) in [6.07, 6.45) is 1.91. The molecule has 3 aromatic carbocycles. The van der Waals surface area contributed by atoms with E-state index in [2.05, 4.69) is 5.32 Å². The molecule has 0 aliphatic carbocycles. The van der Waals surface area contributed by atoms with E-state index in [1.165, 1.54) is 10.6 Å². The molecule has 4 aromatic rings. The first-order valence-corrected chi connectivity index (χ1v) is 11.3. The number of rotatable bonds is 6. The van der Waals surface area contributed by atoms with Crippen molar-refractivity contribution in [1.82, 2.24) is 4.57 Å². The highest BCUT2D eigenvalue weighted by molar-refractivity contribution is 6.30. The van der Waals surface area contributed by atoms with Crippen LogP contribution in [0.1, 0.15) is 5.56 Å². The van der Waals surface area contributed by atoms with Gasteiger partial charge in [0.2, 0.25) is 0 Å². The molecule has 0 saturated heterocycles. The Bertz CT molecular complexity index is 1370. The molecule has 0 bridgehead atoms. The molecule has 8 heteroatoms. The van der Waals surface area contributed by atoms with Crippen molar-refractivity contribution in [3.63, 3.8) is 0 Å². The summed E-state index contributed by atoms with van der Waals surface area (Å²) in [6, 6.07) is 25.7. The molecular weight excluding hydrogens is 464 g/mol. The Hall–Kier alpha value is -4.20. The highest BCUT2D eigenvalue weighted by Gasteiger charge is 2.28. The fourth-order valence-electron chi connectivity index (χ4n) is 3.58. The van der Waals surface area contributed by atoms with E-state index in [9.17, 15) is 14.4 Å². The Morgan fingerprint density at radius 1 is 0.886 bits per heavy atom. The Labute approximate surface area is 207 Å². The second-order valence-electron chi connectivity index (χ2n) is 7.83. The lowest BCUT2D eigenvalue weighted by atomic mass is 10.1. The lowest BCUT2D eigenvalue weighted by Crippen LogP contribution is -2.49. The molecule has 35 heavy (non-hydrogen) atoms. The van der Waals surface area contributed by atoms with E-state index in [4.69, 9.17) is 17.3 Å². The summed E-state index contributed by atoms with van der Waals surface area (Å²) in [5.74, 6) is -0.565. The van der Waals surface area contributed by atoms with Crippen molar-refractivity contribution in [3.8, 4) is 5.69 Å². The summed E-state index contributed by atoms with van der Waals surface area (Å²) < 4.78 is 1.46. The number of hydrogen-bond donors (Lipinski definition) is 2. The summed E-state index contributed by atoms with van der Waals surface area (Å²) in [6.45, 7) is 0. The van der Waals surface area contributed by atoms with Gasteiger partial charge in [-0.05, 0) is 66.6 Å². The predicted octanol–water partition coefficient (Wildman–Crippen LogP) is 4.63. The Kier molecular flexibility index (Phi) is 7.40. The van der Waals surface area contributed by atoms with Crippen LogP contribution in [0.25, 0.3) is 5.69 Å². The summed E-state index contributed by atoms with van der Waals surface area (Å²) in [7, 11) is 0. The quantitative estimate of drug-likeness (QED) is 0.415. The molecule has 1 atom stereocenters. The van der Waals surface area contributed by atoms with Crippen molar-refractivity contribution in [2.45, 2.75) is 12.5 Å². The number of urea groups is 1. The second kappa shape index (κ2) is 10.8. The molecule has 0 radical (unpaired) electrons. The number of carbonyl (C=O) groups excluding carboxylic acids is 2. The number of nitrogens with one attached hydrogen (secondary N) is 1. The van der Waals surface area contributed by atoms with Crippen LogP contribution in [-0.2, 0) is 11.2 Å². The number of imide groups is 1. The number of aromatic nitrogens is 1. The van der Waals surface area contributed by atoms with Gasteiger partial charge in [0, 0.05) is 28.7 Å². The van der Waals surface area contributed by atoms with Gasteiger partial charge in [0.15, 0.2) is 0 Å². The zero-order chi connectivity index (χ0) is 24.8. The molecular formula is C27H23ClN4O3. The van der Waals surface area contributed by atoms with Gasteiger partial charge >= 0.3 is 6.03 Å². The Morgan fingerprint density at radius 3 is 2.20 bits per heavy atom. The minimum absolute atomic E-state index is 0.196. The highest BCUT2D eigenvalue weighted by Crippen LogP contribution is 2.21. The van der Waals surface area contributed by atoms with E-state index in [0.29, 0.717) is 22.1 Å². The molecule has 3 amide bonds. The third kappa shape index (κ3) is 5.84. The SMILES string of the molecule is N[C@@H](Cc1ccccc1)C(=O)N(C(=O)Nc1ccc(Cl)cc1)c1ccc(-n2ccccc2=O)cc1. The van der Waals surface area contributed by atoms with Crippen molar-refractivity contribution >= 4 is 34.9 Å². The lowest BCUT2D eigenvalue weighted by Gasteiger charge is -2.25. The lowest BCUT2D eigenvalue weighted by molar-refractivity contribution is -0.119. The van der Waals surface area contributed by atoms with Crippen molar-refractivity contribution in [3.05, 3.63) is 124 Å². The molecule has 1 heterocycles. The van der Waals surface area contributed by atoms with Crippen LogP contribution in [0.5, 0.6) is 0 Å². The minimum Gasteiger partial charge on any atom is -0.320 e. The van der Waals surface area contributed by atoms with Crippen LogP contribution in [-0.4, -0.2) is 22.5 Å². The maximum atomic E-state index is 13.4. The molecule has 4 rings (SSSR count). The fourth-order valence-corrected chi connectivity index (χ4v) is 3.71. The first-order valence-electron chi connectivity index (χ1n) is 10.9. The minimum atomic E-state index is -0.954. The number of nitrogens with zero attached hydrogens (tertiary/aromatic N) is 2. The normalized spacial score (nSPS) is 11.5. The van der Waals surface area contributed by atoms with E-state index < -0.39 is 18.0 Å². The molecule has 7 nitrogen and oxygen atoms in total. The third-order valence-electron chi connectivity index (χ3n) is 5.34. The molecule has 0 saturated carbocycles. The van der Waals surface area contributed by atoms with Crippen molar-refractivity contribution < 1.29 is 9.59 Å². The molecule has 0 aliphatic rings. The number of carbonyl (C=O) groups is 2. The number of halogens is 1. The topological polar surface area (TPSA) is 97.4 Å². The number of anilines is 2. The van der Waals surface area contributed by atoms with Gasteiger partial charge in [0.1, 0.15) is 0 Å². The van der Waals surface area contributed by atoms with E-state index in [-0.39, 0.29) is 12.0 Å². The predicted molar refractivity (Wildman–Crippen MR) is 138 cm³/mol. The zero-order valence-electron chi connectivity index (χ0n) is 18.7. The van der Waals surface area contributed by atoms with E-state index in [1.807, 2.05) is 30.3 Å². The maximum Gasteiger partial charge on any atom is 0.333 e. The monoisotopic (exact) mass is 486 g/mol. The largest absolute Gasteiger partial charge is 0.333 e. The summed E-state index contributed by atoms with van der Waals surface area (Å²) >= 11 is 5.93. The third-order valence-corrected chi connectivity index (χ3v) is 5.60. The molecule has 3 N–H and O–H groups in total. The van der Waals surface area contributed by atoms with Gasteiger partial charge < -0.3 is 11.1 Å². The Balaban J connectivity index is 1.64. The van der Waals surface area contributed by atoms with Crippen LogP contribution in [0.4, 0.5) is 16.2 Å². The average molecular weight is 487 g/mol. The summed E-state index contributed by atoms with van der Waals surface area (Å²) in [4.78, 5) is 39.8. The van der Waals surface area contributed by atoms with Gasteiger partial charge in [0.05, 0.1) is 11.7 Å². The van der Waals surface area contributed by atoms with E-state index in [0.717, 1.165) is 10.5 Å². The standard InChI is InChI=1S/C27H23ClN4O3/c28-20-9-11-21(12-10-20)30-27(35)32(26(34)24(29)18-19-6-2-1-3-7-19)23-15-13-22(14-16-23)31-17-5-4-8-25(31)33/h1-17,24H,18,29H2,(H,30,35)/t24-/m0/s1. The highest BCUT2D eigenvalue weighted by atomic mass is 35.5. The molecule has 1 aromatic heterocycles. The van der Waals surface area contributed by atoms with Crippen molar-refractivity contribution in [2.24, 2.45) is 5.73 Å². The van der Waals surface area contributed by atoms with Gasteiger partial charge in [-0.2, -0.15) is 0 Å². The molecule has 176 valence electrons. The number of benzene rings is 3. The van der Waals surface area contributed by atoms with Gasteiger partial charge in [-0.3, -0.25) is 14.2 Å². The van der Waals surface area contributed by atoms with Crippen LogP contribution < -0.4 is 21.5 Å². The first kappa shape index (κ1) is 23.9. The van der Waals surface area contributed by atoms with Gasteiger partial charge in [-0.1, -0.05) is 48.0 Å². The maximum absolute atomic E-state index is 13.4. The van der Waals surface area contributed by atoms with Crippen LogP contribution in [0.15, 0.2) is 108 Å². The number of amides is 3. The molecule has 0 fully saturated rings. The van der Waals surface area contributed by atoms with E-state index in [1.54, 1.807) is 66.9 Å².